The summed E-state index contributed by atoms with van der Waals surface area (Å²) in [7, 11) is 0. The number of hydrogen-bond donors (Lipinski definition) is 2. The minimum Gasteiger partial charge on any atom is -0.368 e. The van der Waals surface area contributed by atoms with E-state index in [4.69, 9.17) is 0 Å². The Morgan fingerprint density at radius 2 is 2.10 bits per heavy atom. The summed E-state index contributed by atoms with van der Waals surface area (Å²) in [5.74, 6) is 0.601. The Hall–Kier alpha value is -2.50. The zero-order valence-electron chi connectivity index (χ0n) is 11.3. The van der Waals surface area contributed by atoms with Crippen molar-refractivity contribution in [3.8, 4) is 0 Å². The van der Waals surface area contributed by atoms with Crippen LogP contribution in [0, 0.1) is 5.82 Å². The van der Waals surface area contributed by atoms with E-state index in [1.807, 2.05) is 12.1 Å². The molecule has 0 saturated heterocycles. The Morgan fingerprint density at radius 3 is 2.90 bits per heavy atom. The third-order valence-corrected chi connectivity index (χ3v) is 4.14. The van der Waals surface area contributed by atoms with Crippen LogP contribution < -0.4 is 5.32 Å². The van der Waals surface area contributed by atoms with Gasteiger partial charge in [-0.3, -0.25) is 5.10 Å². The standard InChI is InChI=1S/C15H14FN5/c16-12-4-2-1-3-11(12)15(5-6-15)8-17-13-10-7-20-21-14(10)19-9-18-13/h1-4,7,9H,5-6,8H2,(H2,17,18,19,20,21). The van der Waals surface area contributed by atoms with E-state index < -0.39 is 0 Å². The van der Waals surface area contributed by atoms with Crippen molar-refractivity contribution >= 4 is 16.9 Å². The van der Waals surface area contributed by atoms with E-state index in [2.05, 4.69) is 25.5 Å². The fourth-order valence-electron chi connectivity index (χ4n) is 2.74. The van der Waals surface area contributed by atoms with Crippen molar-refractivity contribution in [3.05, 3.63) is 48.2 Å². The Labute approximate surface area is 120 Å². The molecule has 0 amide bonds. The second kappa shape index (κ2) is 4.51. The second-order valence-electron chi connectivity index (χ2n) is 5.47. The smallest absolute Gasteiger partial charge is 0.160 e. The molecule has 1 aliphatic rings. The lowest BCUT2D eigenvalue weighted by molar-refractivity contribution is 0.578. The monoisotopic (exact) mass is 283 g/mol. The van der Waals surface area contributed by atoms with Crippen LogP contribution in [0.2, 0.25) is 0 Å². The predicted octanol–water partition coefficient (Wildman–Crippen LogP) is 2.64. The summed E-state index contributed by atoms with van der Waals surface area (Å²) in [5, 5.41) is 11.0. The number of fused-ring (bicyclic) bond motifs is 1. The first-order valence-electron chi connectivity index (χ1n) is 6.91. The van der Waals surface area contributed by atoms with Gasteiger partial charge in [-0.25, -0.2) is 14.4 Å². The molecule has 1 aliphatic carbocycles. The fraction of sp³-hybridized carbons (Fsp3) is 0.267. The third-order valence-electron chi connectivity index (χ3n) is 4.14. The average Bonchev–Trinajstić information content (AvgIpc) is 3.13. The molecule has 0 aliphatic heterocycles. The number of anilines is 1. The number of halogens is 1. The molecule has 2 aromatic heterocycles. The highest BCUT2D eigenvalue weighted by atomic mass is 19.1. The van der Waals surface area contributed by atoms with Gasteiger partial charge in [0.1, 0.15) is 18.0 Å². The number of benzene rings is 1. The summed E-state index contributed by atoms with van der Waals surface area (Å²) < 4.78 is 14.0. The van der Waals surface area contributed by atoms with E-state index in [0.717, 1.165) is 29.6 Å². The van der Waals surface area contributed by atoms with Gasteiger partial charge in [0.05, 0.1) is 11.6 Å². The van der Waals surface area contributed by atoms with Crippen molar-refractivity contribution in [1.29, 1.82) is 0 Å². The van der Waals surface area contributed by atoms with E-state index in [-0.39, 0.29) is 11.2 Å². The molecule has 0 unspecified atom stereocenters. The molecule has 4 rings (SSSR count). The first-order valence-corrected chi connectivity index (χ1v) is 6.91. The average molecular weight is 283 g/mol. The molecule has 0 radical (unpaired) electrons. The van der Waals surface area contributed by atoms with E-state index >= 15 is 0 Å². The molecular weight excluding hydrogens is 269 g/mol. The lowest BCUT2D eigenvalue weighted by atomic mass is 9.95. The highest BCUT2D eigenvalue weighted by Gasteiger charge is 2.45. The first kappa shape index (κ1) is 12.3. The molecule has 2 heterocycles. The molecule has 5 nitrogen and oxygen atoms in total. The second-order valence-corrected chi connectivity index (χ2v) is 5.47. The van der Waals surface area contributed by atoms with Crippen LogP contribution >= 0.6 is 0 Å². The normalized spacial score (nSPS) is 16.0. The molecule has 21 heavy (non-hydrogen) atoms. The summed E-state index contributed by atoms with van der Waals surface area (Å²) in [6, 6.07) is 7.00. The predicted molar refractivity (Wildman–Crippen MR) is 77.5 cm³/mol. The Balaban J connectivity index is 1.60. The summed E-state index contributed by atoms with van der Waals surface area (Å²) in [5.41, 5.74) is 1.37. The topological polar surface area (TPSA) is 66.5 Å². The van der Waals surface area contributed by atoms with Crippen LogP contribution in [0.1, 0.15) is 18.4 Å². The number of H-pyrrole nitrogens is 1. The number of nitrogens with zero attached hydrogens (tertiary/aromatic N) is 3. The van der Waals surface area contributed by atoms with Crippen molar-refractivity contribution in [2.24, 2.45) is 0 Å². The van der Waals surface area contributed by atoms with Crippen LogP contribution in [0.3, 0.4) is 0 Å². The van der Waals surface area contributed by atoms with Crippen molar-refractivity contribution < 1.29 is 4.39 Å². The summed E-state index contributed by atoms with van der Waals surface area (Å²) >= 11 is 0. The first-order chi connectivity index (χ1) is 10.3. The number of rotatable bonds is 4. The van der Waals surface area contributed by atoms with Gasteiger partial charge in [-0.15, -0.1) is 0 Å². The number of hydrogen-bond acceptors (Lipinski definition) is 4. The van der Waals surface area contributed by atoms with Crippen molar-refractivity contribution in [2.45, 2.75) is 18.3 Å². The zero-order valence-corrected chi connectivity index (χ0v) is 11.3. The Kier molecular flexibility index (Phi) is 2.63. The lowest BCUT2D eigenvalue weighted by Crippen LogP contribution is -2.21. The maximum Gasteiger partial charge on any atom is 0.160 e. The van der Waals surface area contributed by atoms with Crippen LogP contribution in [0.4, 0.5) is 10.2 Å². The van der Waals surface area contributed by atoms with Crippen LogP contribution in [-0.4, -0.2) is 26.7 Å². The molecule has 106 valence electrons. The minimum atomic E-state index is -0.132. The fourth-order valence-corrected chi connectivity index (χ4v) is 2.74. The maximum absolute atomic E-state index is 14.0. The van der Waals surface area contributed by atoms with Gasteiger partial charge in [0, 0.05) is 12.0 Å². The summed E-state index contributed by atoms with van der Waals surface area (Å²) in [6.07, 6.45) is 5.16. The summed E-state index contributed by atoms with van der Waals surface area (Å²) in [6.45, 7) is 0.658. The van der Waals surface area contributed by atoms with E-state index in [0.29, 0.717) is 12.2 Å². The number of nitrogens with one attached hydrogen (secondary N) is 2. The van der Waals surface area contributed by atoms with Crippen LogP contribution in [-0.2, 0) is 5.41 Å². The zero-order chi connectivity index (χ0) is 14.3. The highest BCUT2D eigenvalue weighted by molar-refractivity contribution is 5.85. The maximum atomic E-state index is 14.0. The molecular formula is C15H14FN5. The van der Waals surface area contributed by atoms with Crippen molar-refractivity contribution in [3.63, 3.8) is 0 Å². The van der Waals surface area contributed by atoms with Gasteiger partial charge in [-0.1, -0.05) is 18.2 Å². The van der Waals surface area contributed by atoms with Gasteiger partial charge in [-0.2, -0.15) is 5.10 Å². The van der Waals surface area contributed by atoms with E-state index in [9.17, 15) is 4.39 Å². The molecule has 1 aromatic carbocycles. The van der Waals surface area contributed by atoms with Crippen LogP contribution in [0.25, 0.3) is 11.0 Å². The quantitative estimate of drug-likeness (QED) is 0.772. The van der Waals surface area contributed by atoms with Crippen molar-refractivity contribution in [1.82, 2.24) is 20.2 Å². The van der Waals surface area contributed by atoms with Gasteiger partial charge < -0.3 is 5.32 Å². The number of aromatic nitrogens is 4. The minimum absolute atomic E-state index is 0.119. The molecule has 2 N–H and O–H groups in total. The molecule has 1 fully saturated rings. The van der Waals surface area contributed by atoms with Crippen molar-refractivity contribution in [2.75, 3.05) is 11.9 Å². The Morgan fingerprint density at radius 1 is 1.24 bits per heavy atom. The Bertz CT molecular complexity index is 793. The summed E-state index contributed by atoms with van der Waals surface area (Å²) in [4.78, 5) is 8.36. The van der Waals surface area contributed by atoms with Gasteiger partial charge >= 0.3 is 0 Å². The molecule has 6 heteroatoms. The van der Waals surface area contributed by atoms with Gasteiger partial charge in [0.25, 0.3) is 0 Å². The van der Waals surface area contributed by atoms with Crippen LogP contribution in [0.5, 0.6) is 0 Å². The molecule has 0 bridgehead atoms. The molecule has 3 aromatic rings. The lowest BCUT2D eigenvalue weighted by Gasteiger charge is -2.17. The molecule has 0 atom stereocenters. The molecule has 0 spiro atoms. The number of aromatic amines is 1. The highest BCUT2D eigenvalue weighted by Crippen LogP contribution is 2.49. The van der Waals surface area contributed by atoms with Gasteiger partial charge in [-0.05, 0) is 24.5 Å². The van der Waals surface area contributed by atoms with E-state index in [1.54, 1.807) is 12.3 Å². The van der Waals surface area contributed by atoms with Gasteiger partial charge in [0.15, 0.2) is 5.65 Å². The van der Waals surface area contributed by atoms with E-state index in [1.165, 1.54) is 12.4 Å². The largest absolute Gasteiger partial charge is 0.368 e. The third kappa shape index (κ3) is 2.03. The SMILES string of the molecule is Fc1ccccc1C1(CNc2ncnc3[nH]ncc23)CC1. The van der Waals surface area contributed by atoms with Gasteiger partial charge in [0.2, 0.25) is 0 Å². The van der Waals surface area contributed by atoms with Crippen LogP contribution in [0.15, 0.2) is 36.8 Å². The molecule has 1 saturated carbocycles.